The first kappa shape index (κ1) is 13.0. The average molecular weight is 244 g/mol. The van der Waals surface area contributed by atoms with Gasteiger partial charge in [-0.15, -0.1) is 0 Å². The van der Waals surface area contributed by atoms with Crippen molar-refractivity contribution in [1.82, 2.24) is 5.48 Å². The Morgan fingerprint density at radius 3 is 2.88 bits per heavy atom. The lowest BCUT2D eigenvalue weighted by Crippen LogP contribution is -2.27. The smallest absolute Gasteiger partial charge is 0.276 e. The number of halogens is 1. The Hall–Kier alpha value is -1.10. The number of benzene rings is 1. The van der Waals surface area contributed by atoms with Crippen molar-refractivity contribution in [3.63, 3.8) is 0 Å². The molecule has 16 heavy (non-hydrogen) atoms. The van der Waals surface area contributed by atoms with Crippen molar-refractivity contribution < 1.29 is 14.7 Å². The van der Waals surface area contributed by atoms with E-state index in [1.165, 1.54) is 0 Å². The second kappa shape index (κ2) is 5.84. The summed E-state index contributed by atoms with van der Waals surface area (Å²) in [6, 6.07) is 5.11. The Bertz CT molecular complexity index is 379. The van der Waals surface area contributed by atoms with Crippen LogP contribution in [-0.4, -0.2) is 23.7 Å². The lowest BCUT2D eigenvalue weighted by molar-refractivity contribution is -0.00686. The zero-order valence-corrected chi connectivity index (χ0v) is 9.91. The van der Waals surface area contributed by atoms with Crippen LogP contribution in [0.15, 0.2) is 18.2 Å². The van der Waals surface area contributed by atoms with E-state index in [1.54, 1.807) is 25.1 Å². The van der Waals surface area contributed by atoms with Crippen LogP contribution in [0, 0.1) is 6.92 Å². The summed E-state index contributed by atoms with van der Waals surface area (Å²) >= 11 is 5.90. The van der Waals surface area contributed by atoms with Crippen LogP contribution < -0.4 is 5.48 Å². The van der Waals surface area contributed by atoms with Crippen LogP contribution in [0.5, 0.6) is 0 Å². The fourth-order valence-corrected chi connectivity index (χ4v) is 1.41. The molecule has 0 heterocycles. The summed E-state index contributed by atoms with van der Waals surface area (Å²) in [5.41, 5.74) is 3.53. The number of aliphatic hydroxyl groups is 1. The SMILES string of the molecule is Cc1ccc(C(=O)NOCC(C)O)c(Cl)c1. The number of hydrogen-bond acceptors (Lipinski definition) is 3. The first-order valence-corrected chi connectivity index (χ1v) is 5.25. The van der Waals surface area contributed by atoms with Crippen LogP contribution in [-0.2, 0) is 4.84 Å². The van der Waals surface area contributed by atoms with E-state index in [4.69, 9.17) is 21.5 Å². The number of hydroxylamine groups is 1. The van der Waals surface area contributed by atoms with Gasteiger partial charge >= 0.3 is 0 Å². The van der Waals surface area contributed by atoms with E-state index < -0.39 is 12.0 Å². The second-order valence-electron chi connectivity index (χ2n) is 3.57. The molecular formula is C11H14ClNO3. The van der Waals surface area contributed by atoms with Gasteiger partial charge in [0.2, 0.25) is 0 Å². The van der Waals surface area contributed by atoms with E-state index in [9.17, 15) is 4.79 Å². The van der Waals surface area contributed by atoms with Crippen molar-refractivity contribution in [2.75, 3.05) is 6.61 Å². The minimum atomic E-state index is -0.631. The molecule has 0 bridgehead atoms. The quantitative estimate of drug-likeness (QED) is 0.792. The van der Waals surface area contributed by atoms with Crippen molar-refractivity contribution in [2.24, 2.45) is 0 Å². The molecule has 4 nitrogen and oxygen atoms in total. The minimum absolute atomic E-state index is 0.0369. The third-order valence-electron chi connectivity index (χ3n) is 1.86. The summed E-state index contributed by atoms with van der Waals surface area (Å²) in [7, 11) is 0. The maximum atomic E-state index is 11.6. The molecule has 0 spiro atoms. The van der Waals surface area contributed by atoms with Crippen LogP contribution in [0.4, 0.5) is 0 Å². The molecule has 0 aliphatic rings. The molecule has 5 heteroatoms. The molecule has 1 aromatic carbocycles. The van der Waals surface area contributed by atoms with Gasteiger partial charge in [-0.05, 0) is 31.5 Å². The van der Waals surface area contributed by atoms with E-state index in [1.807, 2.05) is 6.92 Å². The Kier molecular flexibility index (Phi) is 4.73. The number of carbonyl (C=O) groups excluding carboxylic acids is 1. The van der Waals surface area contributed by atoms with Gasteiger partial charge in [0.05, 0.1) is 16.7 Å². The van der Waals surface area contributed by atoms with Crippen LogP contribution in [0.25, 0.3) is 0 Å². The first-order chi connectivity index (χ1) is 7.50. The highest BCUT2D eigenvalue weighted by atomic mass is 35.5. The van der Waals surface area contributed by atoms with E-state index >= 15 is 0 Å². The molecule has 0 radical (unpaired) electrons. The van der Waals surface area contributed by atoms with Gasteiger partial charge < -0.3 is 5.11 Å². The van der Waals surface area contributed by atoms with Crippen molar-refractivity contribution in [2.45, 2.75) is 20.0 Å². The molecule has 0 aromatic heterocycles. The molecule has 1 amide bonds. The van der Waals surface area contributed by atoms with Gasteiger partial charge in [0.25, 0.3) is 5.91 Å². The van der Waals surface area contributed by atoms with Crippen LogP contribution in [0.2, 0.25) is 5.02 Å². The number of nitrogens with one attached hydrogen (secondary N) is 1. The summed E-state index contributed by atoms with van der Waals surface area (Å²) in [6.07, 6.45) is -0.631. The minimum Gasteiger partial charge on any atom is -0.391 e. The standard InChI is InChI=1S/C11H14ClNO3/c1-7-3-4-9(10(12)5-7)11(15)13-16-6-8(2)14/h3-5,8,14H,6H2,1-2H3,(H,13,15). The predicted molar refractivity (Wildman–Crippen MR) is 61.3 cm³/mol. The van der Waals surface area contributed by atoms with Gasteiger partial charge in [-0.1, -0.05) is 17.7 Å². The lowest BCUT2D eigenvalue weighted by atomic mass is 10.1. The molecular weight excluding hydrogens is 230 g/mol. The molecule has 0 saturated heterocycles. The van der Waals surface area contributed by atoms with Gasteiger partial charge in [-0.25, -0.2) is 5.48 Å². The number of carbonyl (C=O) groups is 1. The summed E-state index contributed by atoms with van der Waals surface area (Å²) in [6.45, 7) is 3.48. The van der Waals surface area contributed by atoms with Crippen molar-refractivity contribution in [3.05, 3.63) is 34.3 Å². The Labute approximate surface area is 99.1 Å². The van der Waals surface area contributed by atoms with E-state index in [0.29, 0.717) is 10.6 Å². The number of aryl methyl sites for hydroxylation is 1. The predicted octanol–water partition coefficient (Wildman–Crippen LogP) is 1.69. The molecule has 1 rings (SSSR count). The third-order valence-corrected chi connectivity index (χ3v) is 2.17. The normalized spacial score (nSPS) is 12.2. The summed E-state index contributed by atoms with van der Waals surface area (Å²) in [5.74, 6) is -0.425. The number of rotatable bonds is 4. The highest BCUT2D eigenvalue weighted by molar-refractivity contribution is 6.33. The summed E-state index contributed by atoms with van der Waals surface area (Å²) in [5, 5.41) is 9.30. The molecule has 1 unspecified atom stereocenters. The van der Waals surface area contributed by atoms with Gasteiger partial charge in [-0.3, -0.25) is 9.63 Å². The zero-order chi connectivity index (χ0) is 12.1. The highest BCUT2D eigenvalue weighted by Gasteiger charge is 2.10. The Morgan fingerprint density at radius 1 is 1.62 bits per heavy atom. The van der Waals surface area contributed by atoms with Gasteiger partial charge in [-0.2, -0.15) is 0 Å². The number of aliphatic hydroxyl groups excluding tert-OH is 1. The van der Waals surface area contributed by atoms with Crippen molar-refractivity contribution in [1.29, 1.82) is 0 Å². The molecule has 88 valence electrons. The fraction of sp³-hybridized carbons (Fsp3) is 0.364. The lowest BCUT2D eigenvalue weighted by Gasteiger charge is -2.08. The maximum Gasteiger partial charge on any atom is 0.276 e. The Morgan fingerprint density at radius 2 is 2.31 bits per heavy atom. The molecule has 0 saturated carbocycles. The van der Waals surface area contributed by atoms with Gasteiger partial charge in [0.1, 0.15) is 6.61 Å². The van der Waals surface area contributed by atoms with Crippen LogP contribution in [0.1, 0.15) is 22.8 Å². The van der Waals surface area contributed by atoms with E-state index in [-0.39, 0.29) is 6.61 Å². The second-order valence-corrected chi connectivity index (χ2v) is 3.98. The molecule has 1 aromatic rings. The molecule has 0 fully saturated rings. The molecule has 2 N–H and O–H groups in total. The van der Waals surface area contributed by atoms with Gasteiger partial charge in [0, 0.05) is 0 Å². The third kappa shape index (κ3) is 3.81. The van der Waals surface area contributed by atoms with Crippen molar-refractivity contribution >= 4 is 17.5 Å². The van der Waals surface area contributed by atoms with Gasteiger partial charge in [0.15, 0.2) is 0 Å². The molecule has 0 aliphatic carbocycles. The first-order valence-electron chi connectivity index (χ1n) is 4.87. The zero-order valence-electron chi connectivity index (χ0n) is 9.16. The Balaban J connectivity index is 2.59. The van der Waals surface area contributed by atoms with E-state index in [0.717, 1.165) is 5.56 Å². The largest absolute Gasteiger partial charge is 0.391 e. The number of hydrogen-bond donors (Lipinski definition) is 2. The monoisotopic (exact) mass is 243 g/mol. The topological polar surface area (TPSA) is 58.6 Å². The fourth-order valence-electron chi connectivity index (χ4n) is 1.09. The van der Waals surface area contributed by atoms with E-state index in [2.05, 4.69) is 5.48 Å². The highest BCUT2D eigenvalue weighted by Crippen LogP contribution is 2.17. The average Bonchev–Trinajstić information content (AvgIpc) is 2.16. The molecule has 1 atom stereocenters. The summed E-state index contributed by atoms with van der Waals surface area (Å²) in [4.78, 5) is 16.3. The molecule has 0 aliphatic heterocycles. The maximum absolute atomic E-state index is 11.6. The van der Waals surface area contributed by atoms with Crippen LogP contribution >= 0.6 is 11.6 Å². The van der Waals surface area contributed by atoms with Crippen molar-refractivity contribution in [3.8, 4) is 0 Å². The number of amides is 1. The summed E-state index contributed by atoms with van der Waals surface area (Å²) < 4.78 is 0. The van der Waals surface area contributed by atoms with Crippen LogP contribution in [0.3, 0.4) is 0 Å².